The number of hydrogen-bond donors (Lipinski definition) is 1. The highest BCUT2D eigenvalue weighted by atomic mass is 16.5. The number of ether oxygens (including phenoxy) is 1. The van der Waals surface area contributed by atoms with Crippen LogP contribution in [0.5, 0.6) is 5.75 Å². The van der Waals surface area contributed by atoms with Gasteiger partial charge in [0.15, 0.2) is 5.82 Å². The first-order chi connectivity index (χ1) is 9.31. The highest BCUT2D eigenvalue weighted by Crippen LogP contribution is 2.11. The lowest BCUT2D eigenvalue weighted by atomic mass is 10.1. The number of aromatic nitrogens is 3. The molecule has 2 aromatic rings. The molecule has 1 aromatic carbocycles. The smallest absolute Gasteiger partial charge is 0.164 e. The van der Waals surface area contributed by atoms with Crippen LogP contribution in [0.3, 0.4) is 0 Å². The number of nitrogens with one attached hydrogen (secondary N) is 1. The fourth-order valence-electron chi connectivity index (χ4n) is 1.79. The van der Waals surface area contributed by atoms with Gasteiger partial charge in [0.05, 0.1) is 13.7 Å². The van der Waals surface area contributed by atoms with Crippen LogP contribution in [0.2, 0.25) is 0 Å². The molecule has 102 valence electrons. The van der Waals surface area contributed by atoms with E-state index in [4.69, 9.17) is 4.74 Å². The van der Waals surface area contributed by atoms with Crippen LogP contribution in [0, 0.1) is 0 Å². The lowest BCUT2D eigenvalue weighted by Crippen LogP contribution is -2.13. The first kappa shape index (κ1) is 13.5. The third kappa shape index (κ3) is 4.06. The highest BCUT2D eigenvalue weighted by molar-refractivity contribution is 5.27. The summed E-state index contributed by atoms with van der Waals surface area (Å²) in [7, 11) is 1.68. The van der Waals surface area contributed by atoms with Gasteiger partial charge >= 0.3 is 0 Å². The minimum atomic E-state index is 0.728. The van der Waals surface area contributed by atoms with Crippen LogP contribution in [0.4, 0.5) is 0 Å². The van der Waals surface area contributed by atoms with Gasteiger partial charge in [-0.3, -0.25) is 4.68 Å². The van der Waals surface area contributed by atoms with E-state index in [1.165, 1.54) is 5.56 Å². The second kappa shape index (κ2) is 6.89. The molecule has 5 heteroatoms. The zero-order chi connectivity index (χ0) is 13.5. The zero-order valence-corrected chi connectivity index (χ0v) is 11.5. The van der Waals surface area contributed by atoms with E-state index >= 15 is 0 Å². The molecule has 0 saturated carbocycles. The van der Waals surface area contributed by atoms with E-state index in [1.807, 2.05) is 16.8 Å². The van der Waals surface area contributed by atoms with Gasteiger partial charge in [0.2, 0.25) is 0 Å². The number of nitrogens with zero attached hydrogens (tertiary/aromatic N) is 3. The van der Waals surface area contributed by atoms with Crippen LogP contribution in [-0.4, -0.2) is 28.4 Å². The molecule has 0 saturated heterocycles. The quantitative estimate of drug-likeness (QED) is 0.822. The summed E-state index contributed by atoms with van der Waals surface area (Å²) >= 11 is 0. The zero-order valence-electron chi connectivity index (χ0n) is 11.5. The van der Waals surface area contributed by atoms with Crippen LogP contribution >= 0.6 is 0 Å². The largest absolute Gasteiger partial charge is 0.497 e. The number of rotatable bonds is 7. The Morgan fingerprint density at radius 2 is 2.05 bits per heavy atom. The lowest BCUT2D eigenvalue weighted by Gasteiger charge is -2.03. The highest BCUT2D eigenvalue weighted by Gasteiger charge is 2.01. The summed E-state index contributed by atoms with van der Waals surface area (Å²) in [4.78, 5) is 4.26. The molecule has 0 amide bonds. The van der Waals surface area contributed by atoms with Crippen LogP contribution in [-0.2, 0) is 19.5 Å². The summed E-state index contributed by atoms with van der Waals surface area (Å²) in [6.45, 7) is 4.57. The summed E-state index contributed by atoms with van der Waals surface area (Å²) in [5, 5.41) is 7.63. The van der Waals surface area contributed by atoms with E-state index in [0.29, 0.717) is 0 Å². The van der Waals surface area contributed by atoms with E-state index in [-0.39, 0.29) is 0 Å². The normalized spacial score (nSPS) is 10.6. The second-order valence-corrected chi connectivity index (χ2v) is 4.30. The maximum Gasteiger partial charge on any atom is 0.164 e. The van der Waals surface area contributed by atoms with Crippen molar-refractivity contribution in [3.63, 3.8) is 0 Å². The fraction of sp³-hybridized carbons (Fsp3) is 0.429. The van der Waals surface area contributed by atoms with Crippen molar-refractivity contribution in [2.45, 2.75) is 26.4 Å². The molecule has 1 N–H and O–H groups in total. The van der Waals surface area contributed by atoms with Gasteiger partial charge in [-0.25, -0.2) is 4.98 Å². The summed E-state index contributed by atoms with van der Waals surface area (Å²) < 4.78 is 7.02. The maximum atomic E-state index is 5.14. The molecule has 0 aliphatic heterocycles. The molecule has 0 aliphatic carbocycles. The van der Waals surface area contributed by atoms with Gasteiger partial charge in [0.25, 0.3) is 0 Å². The average molecular weight is 260 g/mol. The molecule has 5 nitrogen and oxygen atoms in total. The summed E-state index contributed by atoms with van der Waals surface area (Å²) in [6, 6.07) is 8.12. The second-order valence-electron chi connectivity index (χ2n) is 4.30. The molecule has 0 atom stereocenters. The Hall–Kier alpha value is -1.88. The van der Waals surface area contributed by atoms with Crippen molar-refractivity contribution in [3.8, 4) is 5.75 Å². The van der Waals surface area contributed by atoms with E-state index < -0.39 is 0 Å². The number of methoxy groups -OCH3 is 1. The molecule has 0 fully saturated rings. The van der Waals surface area contributed by atoms with Gasteiger partial charge in [-0.15, -0.1) is 0 Å². The third-order valence-electron chi connectivity index (χ3n) is 2.91. The third-order valence-corrected chi connectivity index (χ3v) is 2.91. The Morgan fingerprint density at radius 3 is 2.74 bits per heavy atom. The minimum absolute atomic E-state index is 0.728. The van der Waals surface area contributed by atoms with Gasteiger partial charge in [0, 0.05) is 6.54 Å². The summed E-state index contributed by atoms with van der Waals surface area (Å²) in [6.07, 6.45) is 2.73. The van der Waals surface area contributed by atoms with E-state index in [1.54, 1.807) is 13.4 Å². The van der Waals surface area contributed by atoms with Gasteiger partial charge in [0.1, 0.15) is 12.1 Å². The lowest BCUT2D eigenvalue weighted by molar-refractivity contribution is 0.414. The molecular weight excluding hydrogens is 240 g/mol. The van der Waals surface area contributed by atoms with Crippen molar-refractivity contribution >= 4 is 0 Å². The number of aryl methyl sites for hydroxylation is 2. The maximum absolute atomic E-state index is 5.14. The molecule has 2 rings (SSSR count). The van der Waals surface area contributed by atoms with Gasteiger partial charge in [-0.2, -0.15) is 5.10 Å². The van der Waals surface area contributed by atoms with Gasteiger partial charge in [-0.1, -0.05) is 19.1 Å². The standard InChI is InChI=1S/C14H20N4O/c1-3-15-10-14-16-11-18(17-14)9-8-12-4-6-13(19-2)7-5-12/h4-7,11,15H,3,8-10H2,1-2H3. The van der Waals surface area contributed by atoms with Crippen molar-refractivity contribution in [2.24, 2.45) is 0 Å². The summed E-state index contributed by atoms with van der Waals surface area (Å²) in [5.74, 6) is 1.73. The van der Waals surface area contributed by atoms with E-state index in [0.717, 1.165) is 37.6 Å². The number of benzene rings is 1. The molecule has 0 unspecified atom stereocenters. The number of hydrogen-bond acceptors (Lipinski definition) is 4. The molecule has 0 radical (unpaired) electrons. The van der Waals surface area contributed by atoms with Crippen molar-refractivity contribution in [1.82, 2.24) is 20.1 Å². The molecule has 1 heterocycles. The molecular formula is C14H20N4O. The van der Waals surface area contributed by atoms with Gasteiger partial charge in [-0.05, 0) is 30.7 Å². The Kier molecular flexibility index (Phi) is 4.92. The SMILES string of the molecule is CCNCc1ncn(CCc2ccc(OC)cc2)n1. The van der Waals surface area contributed by atoms with E-state index in [9.17, 15) is 0 Å². The molecule has 1 aromatic heterocycles. The van der Waals surface area contributed by atoms with Crippen LogP contribution in [0.1, 0.15) is 18.3 Å². The topological polar surface area (TPSA) is 52.0 Å². The predicted molar refractivity (Wildman–Crippen MR) is 74.1 cm³/mol. The Balaban J connectivity index is 1.85. The fourth-order valence-corrected chi connectivity index (χ4v) is 1.79. The van der Waals surface area contributed by atoms with Gasteiger partial charge < -0.3 is 10.1 Å². The predicted octanol–water partition coefficient (Wildman–Crippen LogP) is 1.64. The van der Waals surface area contributed by atoms with Crippen LogP contribution in [0.25, 0.3) is 0 Å². The van der Waals surface area contributed by atoms with E-state index in [2.05, 4.69) is 34.5 Å². The average Bonchev–Trinajstić information content (AvgIpc) is 2.91. The van der Waals surface area contributed by atoms with Crippen molar-refractivity contribution in [3.05, 3.63) is 42.0 Å². The molecule has 0 aliphatic rings. The monoisotopic (exact) mass is 260 g/mol. The molecule has 19 heavy (non-hydrogen) atoms. The Morgan fingerprint density at radius 1 is 1.26 bits per heavy atom. The summed E-state index contributed by atoms with van der Waals surface area (Å²) in [5.41, 5.74) is 1.27. The Bertz CT molecular complexity index is 492. The Labute approximate surface area is 113 Å². The first-order valence-electron chi connectivity index (χ1n) is 6.53. The van der Waals surface area contributed by atoms with Crippen LogP contribution in [0.15, 0.2) is 30.6 Å². The van der Waals surface area contributed by atoms with Crippen molar-refractivity contribution in [1.29, 1.82) is 0 Å². The molecule has 0 spiro atoms. The van der Waals surface area contributed by atoms with Crippen LogP contribution < -0.4 is 10.1 Å². The first-order valence-corrected chi connectivity index (χ1v) is 6.53. The van der Waals surface area contributed by atoms with Crippen molar-refractivity contribution in [2.75, 3.05) is 13.7 Å². The van der Waals surface area contributed by atoms with Crippen molar-refractivity contribution < 1.29 is 4.74 Å². The minimum Gasteiger partial charge on any atom is -0.497 e. The molecule has 0 bridgehead atoms.